The summed E-state index contributed by atoms with van der Waals surface area (Å²) >= 11 is 0. The van der Waals surface area contributed by atoms with Crippen molar-refractivity contribution in [2.24, 2.45) is 0 Å². The van der Waals surface area contributed by atoms with Crippen molar-refractivity contribution >= 4 is 5.69 Å². The fourth-order valence-electron chi connectivity index (χ4n) is 1.94. The number of hydrogen-bond acceptors (Lipinski definition) is 3. The van der Waals surface area contributed by atoms with E-state index < -0.39 is 0 Å². The van der Waals surface area contributed by atoms with Crippen molar-refractivity contribution in [3.8, 4) is 0 Å². The van der Waals surface area contributed by atoms with Gasteiger partial charge in [-0.25, -0.2) is 0 Å². The van der Waals surface area contributed by atoms with E-state index in [0.29, 0.717) is 0 Å². The summed E-state index contributed by atoms with van der Waals surface area (Å²) in [6.07, 6.45) is 4.15. The Kier molecular flexibility index (Phi) is 3.69. The lowest BCUT2D eigenvalue weighted by molar-refractivity contribution is 0.653. The highest BCUT2D eigenvalue weighted by molar-refractivity contribution is 5.46. The van der Waals surface area contributed by atoms with Crippen LogP contribution in [-0.2, 0) is 19.6 Å². The predicted molar refractivity (Wildman–Crippen MR) is 72.6 cm³/mol. The maximum absolute atomic E-state index is 4.44. The SMILES string of the molecule is CCn1cc(CNc2cn(CC)nc2C)c(C)n1. The lowest BCUT2D eigenvalue weighted by atomic mass is 10.2. The molecule has 0 saturated carbocycles. The van der Waals surface area contributed by atoms with E-state index in [1.165, 1.54) is 5.56 Å². The molecule has 0 saturated heterocycles. The molecular weight excluding hydrogens is 226 g/mol. The van der Waals surface area contributed by atoms with Gasteiger partial charge in [0.1, 0.15) is 0 Å². The zero-order valence-corrected chi connectivity index (χ0v) is 11.6. The predicted octanol–water partition coefficient (Wildman–Crippen LogP) is 2.35. The molecule has 2 aromatic heterocycles. The molecule has 0 aromatic carbocycles. The Morgan fingerprint density at radius 2 is 1.61 bits per heavy atom. The van der Waals surface area contributed by atoms with Crippen molar-refractivity contribution in [3.63, 3.8) is 0 Å². The number of aryl methyl sites for hydroxylation is 4. The third kappa shape index (κ3) is 2.55. The van der Waals surface area contributed by atoms with Crippen molar-refractivity contribution in [2.75, 3.05) is 5.32 Å². The standard InChI is InChI=1S/C13H21N5/c1-5-17-8-12(10(3)15-17)7-14-13-9-18(6-2)16-11(13)4/h8-9,14H,5-7H2,1-4H3. The van der Waals surface area contributed by atoms with Gasteiger partial charge in [-0.05, 0) is 27.7 Å². The first kappa shape index (κ1) is 12.7. The molecule has 5 nitrogen and oxygen atoms in total. The van der Waals surface area contributed by atoms with E-state index in [9.17, 15) is 0 Å². The van der Waals surface area contributed by atoms with E-state index in [2.05, 4.69) is 41.8 Å². The summed E-state index contributed by atoms with van der Waals surface area (Å²) in [6, 6.07) is 0. The van der Waals surface area contributed by atoms with Crippen molar-refractivity contribution in [1.82, 2.24) is 19.6 Å². The van der Waals surface area contributed by atoms with Crippen LogP contribution in [0.1, 0.15) is 30.8 Å². The van der Waals surface area contributed by atoms with Gasteiger partial charge in [0.15, 0.2) is 0 Å². The number of rotatable bonds is 5. The first-order chi connectivity index (χ1) is 8.63. The Morgan fingerprint density at radius 1 is 1.00 bits per heavy atom. The maximum atomic E-state index is 4.44. The zero-order valence-electron chi connectivity index (χ0n) is 11.6. The van der Waals surface area contributed by atoms with Gasteiger partial charge in [0.2, 0.25) is 0 Å². The van der Waals surface area contributed by atoms with Crippen LogP contribution in [0.3, 0.4) is 0 Å². The Labute approximate surface area is 108 Å². The quantitative estimate of drug-likeness (QED) is 0.882. The van der Waals surface area contributed by atoms with Gasteiger partial charge in [0.05, 0.1) is 17.1 Å². The molecule has 5 heteroatoms. The van der Waals surface area contributed by atoms with Crippen LogP contribution in [0.4, 0.5) is 5.69 Å². The van der Waals surface area contributed by atoms with Gasteiger partial charge in [-0.15, -0.1) is 0 Å². The molecule has 18 heavy (non-hydrogen) atoms. The fraction of sp³-hybridized carbons (Fsp3) is 0.538. The van der Waals surface area contributed by atoms with Gasteiger partial charge in [-0.3, -0.25) is 9.36 Å². The zero-order chi connectivity index (χ0) is 13.1. The molecule has 0 aliphatic rings. The molecule has 2 heterocycles. The topological polar surface area (TPSA) is 47.7 Å². The maximum Gasteiger partial charge on any atom is 0.0825 e. The number of nitrogens with zero attached hydrogens (tertiary/aromatic N) is 4. The van der Waals surface area contributed by atoms with Gasteiger partial charge in [0.25, 0.3) is 0 Å². The van der Waals surface area contributed by atoms with Crippen LogP contribution in [0.5, 0.6) is 0 Å². The summed E-state index contributed by atoms with van der Waals surface area (Å²) in [6.45, 7) is 10.9. The second-order valence-corrected chi connectivity index (χ2v) is 4.43. The van der Waals surface area contributed by atoms with Crippen LogP contribution in [0.2, 0.25) is 0 Å². The second-order valence-electron chi connectivity index (χ2n) is 4.43. The van der Waals surface area contributed by atoms with E-state index >= 15 is 0 Å². The summed E-state index contributed by atoms with van der Waals surface area (Å²) in [5, 5.41) is 12.3. The van der Waals surface area contributed by atoms with E-state index in [0.717, 1.165) is 36.7 Å². The van der Waals surface area contributed by atoms with Crippen LogP contribution < -0.4 is 5.32 Å². The van der Waals surface area contributed by atoms with Crippen molar-refractivity contribution in [3.05, 3.63) is 29.3 Å². The highest BCUT2D eigenvalue weighted by Gasteiger charge is 2.07. The minimum Gasteiger partial charge on any atom is -0.378 e. The van der Waals surface area contributed by atoms with E-state index in [-0.39, 0.29) is 0 Å². The Morgan fingerprint density at radius 3 is 2.17 bits per heavy atom. The average Bonchev–Trinajstić information content (AvgIpc) is 2.90. The highest BCUT2D eigenvalue weighted by Crippen LogP contribution is 2.15. The molecule has 0 radical (unpaired) electrons. The molecule has 2 rings (SSSR count). The normalized spacial score (nSPS) is 10.9. The molecule has 0 bridgehead atoms. The number of anilines is 1. The Bertz CT molecular complexity index is 475. The van der Waals surface area contributed by atoms with Crippen LogP contribution in [0.15, 0.2) is 12.4 Å². The molecule has 0 aliphatic carbocycles. The Hall–Kier alpha value is -1.78. The third-order valence-electron chi connectivity index (χ3n) is 3.11. The summed E-state index contributed by atoms with van der Waals surface area (Å²) in [4.78, 5) is 0. The van der Waals surface area contributed by atoms with Crippen LogP contribution >= 0.6 is 0 Å². The molecule has 0 atom stereocenters. The molecule has 2 aromatic rings. The van der Waals surface area contributed by atoms with Gasteiger partial charge in [-0.2, -0.15) is 10.2 Å². The molecule has 0 unspecified atom stereocenters. The van der Waals surface area contributed by atoms with Gasteiger partial charge in [0, 0.05) is 37.6 Å². The van der Waals surface area contributed by atoms with Crippen molar-refractivity contribution in [2.45, 2.75) is 47.3 Å². The smallest absolute Gasteiger partial charge is 0.0825 e. The largest absolute Gasteiger partial charge is 0.378 e. The fourth-order valence-corrected chi connectivity index (χ4v) is 1.94. The molecule has 0 fully saturated rings. The number of nitrogens with one attached hydrogen (secondary N) is 1. The van der Waals surface area contributed by atoms with Gasteiger partial charge in [-0.1, -0.05) is 0 Å². The highest BCUT2D eigenvalue weighted by atomic mass is 15.3. The lowest BCUT2D eigenvalue weighted by Gasteiger charge is -2.03. The summed E-state index contributed by atoms with van der Waals surface area (Å²) in [7, 11) is 0. The summed E-state index contributed by atoms with van der Waals surface area (Å²) < 4.78 is 3.91. The van der Waals surface area contributed by atoms with Crippen molar-refractivity contribution < 1.29 is 0 Å². The average molecular weight is 247 g/mol. The Balaban J connectivity index is 2.06. The minimum absolute atomic E-state index is 0.794. The first-order valence-electron chi connectivity index (χ1n) is 6.44. The third-order valence-corrected chi connectivity index (χ3v) is 3.11. The van der Waals surface area contributed by atoms with E-state index in [1.807, 2.05) is 23.2 Å². The molecule has 0 spiro atoms. The number of hydrogen-bond donors (Lipinski definition) is 1. The van der Waals surface area contributed by atoms with Gasteiger partial charge < -0.3 is 5.32 Å². The minimum atomic E-state index is 0.794. The van der Waals surface area contributed by atoms with Crippen LogP contribution in [0, 0.1) is 13.8 Å². The number of aromatic nitrogens is 4. The summed E-state index contributed by atoms with van der Waals surface area (Å²) in [5.74, 6) is 0. The summed E-state index contributed by atoms with van der Waals surface area (Å²) in [5.41, 5.74) is 4.46. The van der Waals surface area contributed by atoms with E-state index in [4.69, 9.17) is 0 Å². The monoisotopic (exact) mass is 247 g/mol. The molecule has 98 valence electrons. The molecule has 0 amide bonds. The molecular formula is C13H21N5. The second kappa shape index (κ2) is 5.25. The molecule has 1 N–H and O–H groups in total. The lowest BCUT2D eigenvalue weighted by Crippen LogP contribution is -2.00. The van der Waals surface area contributed by atoms with E-state index in [1.54, 1.807) is 0 Å². The van der Waals surface area contributed by atoms with Crippen molar-refractivity contribution in [1.29, 1.82) is 0 Å². The van der Waals surface area contributed by atoms with Crippen LogP contribution in [-0.4, -0.2) is 19.6 Å². The van der Waals surface area contributed by atoms with Crippen LogP contribution in [0.25, 0.3) is 0 Å². The van der Waals surface area contributed by atoms with Gasteiger partial charge >= 0.3 is 0 Å². The molecule has 0 aliphatic heterocycles. The first-order valence-corrected chi connectivity index (χ1v) is 6.44.